The van der Waals surface area contributed by atoms with E-state index < -0.39 is 11.7 Å². The average Bonchev–Trinajstić information content (AvgIpc) is 3.87. The van der Waals surface area contributed by atoms with Gasteiger partial charge in [-0.1, -0.05) is 109 Å². The predicted octanol–water partition coefficient (Wildman–Crippen LogP) is 16.8. The van der Waals surface area contributed by atoms with E-state index in [2.05, 4.69) is 73.4 Å². The van der Waals surface area contributed by atoms with Crippen molar-refractivity contribution in [1.29, 1.82) is 5.26 Å². The quantitative estimate of drug-likeness (QED) is 0.154. The zero-order valence-electron chi connectivity index (χ0n) is 35.8. The SMILES string of the molecule is [C-]#[N+]c1ccccc1-c1ccc2c(c1)c1ccccc1n2-c1ccc(-c2ccc(C(F)(F)F)cc2C)cc1-c1cc(-n2c3ccccc3c3cc(-c4ccccc4C#N)ccc32)ccc1[N+]#[C-]. The molecule has 0 bridgehead atoms. The Morgan fingerprint density at radius 1 is 0.463 bits per heavy atom. The van der Waals surface area contributed by atoms with Gasteiger partial charge in [-0.05, 0) is 136 Å². The number of aryl methyl sites for hydroxylation is 1. The molecule has 0 unspecified atom stereocenters. The van der Waals surface area contributed by atoms with Gasteiger partial charge in [-0.25, -0.2) is 9.69 Å². The Bertz CT molecular complexity index is 3980. The van der Waals surface area contributed by atoms with E-state index in [1.165, 1.54) is 12.1 Å². The lowest BCUT2D eigenvalue weighted by molar-refractivity contribution is -0.137. The standard InChI is InChI=1S/C59H34F3N5/c1-36-30-41(59(60,61)62)23-25-43(36)37-20-28-58(67-55-19-11-8-16-47(55)50-33-39(22-29-57(50)67)45-14-6-9-17-52(45)64-2)51(31-37)48-34-42(24-26-53(48)65-3)66-54-18-10-7-15-46(54)49-32-38(21-27-56(49)66)44-13-5-4-12-40(44)35-63/h4-34H,1H3. The maximum absolute atomic E-state index is 13.9. The van der Waals surface area contributed by atoms with Crippen LogP contribution in [0, 0.1) is 31.4 Å². The highest BCUT2D eigenvalue weighted by atomic mass is 19.4. The van der Waals surface area contributed by atoms with Crippen molar-refractivity contribution in [2.45, 2.75) is 13.1 Å². The van der Waals surface area contributed by atoms with Crippen LogP contribution in [-0.4, -0.2) is 9.13 Å². The monoisotopic (exact) mass is 869 g/mol. The van der Waals surface area contributed by atoms with Crippen molar-refractivity contribution in [3.05, 3.63) is 228 Å². The predicted molar refractivity (Wildman–Crippen MR) is 264 cm³/mol. The minimum atomic E-state index is -4.49. The second kappa shape index (κ2) is 15.8. The van der Waals surface area contributed by atoms with Gasteiger partial charge >= 0.3 is 6.18 Å². The number of nitrogens with zero attached hydrogens (tertiary/aromatic N) is 5. The summed E-state index contributed by atoms with van der Waals surface area (Å²) in [4.78, 5) is 7.87. The van der Waals surface area contributed by atoms with Crippen molar-refractivity contribution in [2.75, 3.05) is 0 Å². The van der Waals surface area contributed by atoms with Gasteiger partial charge in [0.25, 0.3) is 0 Å². The number of aromatic nitrogens is 2. The molecule has 0 N–H and O–H groups in total. The minimum absolute atomic E-state index is 0.404. The molecular weight excluding hydrogens is 836 g/mol. The molecule has 11 rings (SSSR count). The summed E-state index contributed by atoms with van der Waals surface area (Å²) in [6, 6.07) is 61.8. The first-order valence-electron chi connectivity index (χ1n) is 21.5. The number of hydrogen-bond donors (Lipinski definition) is 0. The van der Waals surface area contributed by atoms with Crippen LogP contribution >= 0.6 is 0 Å². The van der Waals surface area contributed by atoms with Gasteiger partial charge in [0.2, 0.25) is 0 Å². The third kappa shape index (κ3) is 6.69. The Morgan fingerprint density at radius 2 is 1.01 bits per heavy atom. The molecule has 0 aliphatic rings. The molecule has 0 atom stereocenters. The van der Waals surface area contributed by atoms with Crippen molar-refractivity contribution in [2.24, 2.45) is 0 Å². The lowest BCUT2D eigenvalue weighted by Crippen LogP contribution is -2.05. The van der Waals surface area contributed by atoms with Crippen molar-refractivity contribution in [1.82, 2.24) is 9.13 Å². The van der Waals surface area contributed by atoms with Crippen molar-refractivity contribution >= 4 is 55.0 Å². The molecule has 0 radical (unpaired) electrons. The van der Waals surface area contributed by atoms with Crippen LogP contribution in [-0.2, 0) is 6.18 Å². The van der Waals surface area contributed by atoms with Crippen LogP contribution in [0.4, 0.5) is 24.5 Å². The van der Waals surface area contributed by atoms with Gasteiger partial charge in [-0.2, -0.15) is 18.4 Å². The molecule has 5 nitrogen and oxygen atoms in total. The summed E-state index contributed by atoms with van der Waals surface area (Å²) >= 11 is 0. The molecule has 9 aromatic carbocycles. The Kier molecular flexibility index (Phi) is 9.59. The molecule has 11 aromatic rings. The number of alkyl halides is 3. The first kappa shape index (κ1) is 40.6. The molecule has 0 spiro atoms. The van der Waals surface area contributed by atoms with Crippen LogP contribution in [0.3, 0.4) is 0 Å². The van der Waals surface area contributed by atoms with Gasteiger partial charge in [0.15, 0.2) is 11.4 Å². The van der Waals surface area contributed by atoms with E-state index in [1.807, 2.05) is 121 Å². The van der Waals surface area contributed by atoms with E-state index in [9.17, 15) is 18.4 Å². The van der Waals surface area contributed by atoms with Crippen LogP contribution in [0.5, 0.6) is 0 Å². The first-order chi connectivity index (χ1) is 32.6. The van der Waals surface area contributed by atoms with Gasteiger partial charge in [0.1, 0.15) is 0 Å². The first-order valence-corrected chi connectivity index (χ1v) is 21.5. The maximum atomic E-state index is 13.9. The maximum Gasteiger partial charge on any atom is 0.416 e. The lowest BCUT2D eigenvalue weighted by atomic mass is 9.93. The molecule has 0 saturated heterocycles. The summed E-state index contributed by atoms with van der Waals surface area (Å²) in [5.41, 5.74) is 12.8. The van der Waals surface area contributed by atoms with Crippen molar-refractivity contribution < 1.29 is 13.2 Å². The van der Waals surface area contributed by atoms with Gasteiger partial charge in [0, 0.05) is 27.2 Å². The zero-order valence-corrected chi connectivity index (χ0v) is 35.8. The fourth-order valence-electron chi connectivity index (χ4n) is 9.72. The Hall–Kier alpha value is -9.16. The van der Waals surface area contributed by atoms with E-state index in [0.717, 1.165) is 83.3 Å². The van der Waals surface area contributed by atoms with Crippen LogP contribution in [0.2, 0.25) is 0 Å². The van der Waals surface area contributed by atoms with Crippen LogP contribution < -0.4 is 0 Å². The molecule has 8 heteroatoms. The van der Waals surface area contributed by atoms with Gasteiger partial charge in [-0.15, -0.1) is 0 Å². The number of nitriles is 1. The largest absolute Gasteiger partial charge is 0.416 e. The normalized spacial score (nSPS) is 11.5. The van der Waals surface area contributed by atoms with E-state index in [0.29, 0.717) is 44.8 Å². The molecule has 0 saturated carbocycles. The summed E-state index contributed by atoms with van der Waals surface area (Å²) in [6.45, 7) is 18.1. The van der Waals surface area contributed by atoms with Crippen molar-refractivity contribution in [3.63, 3.8) is 0 Å². The Morgan fingerprint density at radius 3 is 1.69 bits per heavy atom. The molecule has 2 aromatic heterocycles. The number of fused-ring (bicyclic) bond motifs is 6. The number of rotatable bonds is 6. The molecule has 2 heterocycles. The molecule has 316 valence electrons. The highest BCUT2D eigenvalue weighted by Gasteiger charge is 2.31. The van der Waals surface area contributed by atoms with E-state index >= 15 is 0 Å². The highest BCUT2D eigenvalue weighted by Crippen LogP contribution is 2.45. The number of para-hydroxylation sites is 3. The fraction of sp³-hybridized carbons (Fsp3) is 0.0339. The number of hydrogen-bond acceptors (Lipinski definition) is 1. The van der Waals surface area contributed by atoms with Crippen LogP contribution in [0.15, 0.2) is 188 Å². The summed E-state index contributed by atoms with van der Waals surface area (Å²) in [7, 11) is 0. The third-order valence-electron chi connectivity index (χ3n) is 12.8. The highest BCUT2D eigenvalue weighted by molar-refractivity contribution is 6.12. The van der Waals surface area contributed by atoms with Gasteiger partial charge < -0.3 is 9.13 Å². The summed E-state index contributed by atoms with van der Waals surface area (Å²) in [6.07, 6.45) is -4.49. The molecule has 0 fully saturated rings. The minimum Gasteiger partial charge on any atom is -0.309 e. The summed E-state index contributed by atoms with van der Waals surface area (Å²) in [5, 5.41) is 13.9. The van der Waals surface area contributed by atoms with E-state index in [-0.39, 0.29) is 0 Å². The smallest absolute Gasteiger partial charge is 0.309 e. The molecule has 0 aliphatic heterocycles. The fourth-order valence-corrected chi connectivity index (χ4v) is 9.72. The number of benzene rings is 9. The average molecular weight is 870 g/mol. The number of halogens is 3. The van der Waals surface area contributed by atoms with E-state index in [4.69, 9.17) is 13.1 Å². The second-order valence-electron chi connectivity index (χ2n) is 16.5. The molecule has 0 amide bonds. The van der Waals surface area contributed by atoms with Gasteiger partial charge in [0.05, 0.1) is 58.1 Å². The van der Waals surface area contributed by atoms with Crippen LogP contribution in [0.1, 0.15) is 16.7 Å². The molecule has 0 aliphatic carbocycles. The second-order valence-corrected chi connectivity index (χ2v) is 16.5. The van der Waals surface area contributed by atoms with Gasteiger partial charge in [-0.3, -0.25) is 0 Å². The zero-order chi connectivity index (χ0) is 46.0. The molecular formula is C59H34F3N5. The lowest BCUT2D eigenvalue weighted by Gasteiger charge is -2.19. The Labute approximate surface area is 383 Å². The Balaban J connectivity index is 1.17. The van der Waals surface area contributed by atoms with Crippen molar-refractivity contribution in [3.8, 4) is 62.0 Å². The summed E-state index contributed by atoms with van der Waals surface area (Å²) < 4.78 is 46.1. The van der Waals surface area contributed by atoms with E-state index in [1.54, 1.807) is 6.92 Å². The summed E-state index contributed by atoms with van der Waals surface area (Å²) in [5.74, 6) is 0. The van der Waals surface area contributed by atoms with Crippen LogP contribution in [0.25, 0.3) is 109 Å². The molecule has 67 heavy (non-hydrogen) atoms. The topological polar surface area (TPSA) is 42.4 Å². The third-order valence-corrected chi connectivity index (χ3v) is 12.8.